The van der Waals surface area contributed by atoms with Gasteiger partial charge in [-0.2, -0.15) is 0 Å². The summed E-state index contributed by atoms with van der Waals surface area (Å²) in [5, 5.41) is 4.78. The fraction of sp³-hybridized carbons (Fsp3) is 0. The predicted molar refractivity (Wildman–Crippen MR) is 228 cm³/mol. The number of para-hydroxylation sites is 2. The Labute approximate surface area is 314 Å². The van der Waals surface area contributed by atoms with E-state index < -0.39 is 0 Å². The first-order valence-electron chi connectivity index (χ1n) is 18.4. The summed E-state index contributed by atoms with van der Waals surface area (Å²) in [5.74, 6) is 0. The maximum absolute atomic E-state index is 6.35. The molecule has 2 heteroatoms. The summed E-state index contributed by atoms with van der Waals surface area (Å²) in [6.07, 6.45) is 0. The van der Waals surface area contributed by atoms with Crippen LogP contribution in [0.2, 0.25) is 0 Å². The van der Waals surface area contributed by atoms with Gasteiger partial charge < -0.3 is 9.32 Å². The third kappa shape index (κ3) is 5.71. The highest BCUT2D eigenvalue weighted by molar-refractivity contribution is 6.06. The second-order valence-electron chi connectivity index (χ2n) is 13.7. The molecule has 10 rings (SSSR count). The van der Waals surface area contributed by atoms with Gasteiger partial charge in [-0.1, -0.05) is 164 Å². The summed E-state index contributed by atoms with van der Waals surface area (Å²) >= 11 is 0. The first kappa shape index (κ1) is 31.6. The van der Waals surface area contributed by atoms with E-state index in [9.17, 15) is 0 Å². The molecule has 0 aliphatic carbocycles. The zero-order chi connectivity index (χ0) is 35.8. The number of hydrogen-bond donors (Lipinski definition) is 0. The zero-order valence-electron chi connectivity index (χ0n) is 29.6. The van der Waals surface area contributed by atoms with Gasteiger partial charge in [0.15, 0.2) is 0 Å². The standard InChI is InChI=1S/C52H35NO/c1-2-12-36(13-3-1)37-28-31-43(32-29-37)53(50-22-8-6-19-47(50)42-30-33-49-48-20-7-9-23-51(48)54-52(49)35-42)44-17-10-16-41(34-44)38-24-26-40(27-25-38)46-21-11-15-39-14-4-5-18-45(39)46/h1-35H. The minimum atomic E-state index is 0.885. The summed E-state index contributed by atoms with van der Waals surface area (Å²) in [5.41, 5.74) is 14.4. The second kappa shape index (κ2) is 13.4. The molecule has 0 saturated carbocycles. The summed E-state index contributed by atoms with van der Waals surface area (Å²) in [4.78, 5) is 2.38. The van der Waals surface area contributed by atoms with E-state index in [2.05, 4.69) is 205 Å². The van der Waals surface area contributed by atoms with E-state index >= 15 is 0 Å². The molecule has 0 radical (unpaired) electrons. The maximum Gasteiger partial charge on any atom is 0.136 e. The summed E-state index contributed by atoms with van der Waals surface area (Å²) in [6.45, 7) is 0. The number of nitrogens with zero attached hydrogens (tertiary/aromatic N) is 1. The van der Waals surface area contributed by atoms with E-state index in [1.807, 2.05) is 12.1 Å². The SMILES string of the molecule is c1ccc(-c2ccc(N(c3cccc(-c4ccc(-c5cccc6ccccc56)cc4)c3)c3ccccc3-c3ccc4c(c3)oc3ccccc34)cc2)cc1. The quantitative estimate of drug-likeness (QED) is 0.166. The van der Waals surface area contributed by atoms with Crippen LogP contribution in [-0.2, 0) is 0 Å². The van der Waals surface area contributed by atoms with Crippen molar-refractivity contribution in [2.75, 3.05) is 4.90 Å². The molecule has 0 aliphatic heterocycles. The number of anilines is 3. The van der Waals surface area contributed by atoms with Crippen LogP contribution in [0.3, 0.4) is 0 Å². The van der Waals surface area contributed by atoms with Gasteiger partial charge >= 0.3 is 0 Å². The van der Waals surface area contributed by atoms with Crippen LogP contribution in [0.4, 0.5) is 17.1 Å². The van der Waals surface area contributed by atoms with E-state index in [0.717, 1.165) is 55.7 Å². The van der Waals surface area contributed by atoms with Crippen molar-refractivity contribution in [3.63, 3.8) is 0 Å². The number of fused-ring (bicyclic) bond motifs is 4. The summed E-state index contributed by atoms with van der Waals surface area (Å²) in [7, 11) is 0. The Morgan fingerprint density at radius 2 is 0.870 bits per heavy atom. The minimum Gasteiger partial charge on any atom is -0.456 e. The van der Waals surface area contributed by atoms with Gasteiger partial charge in [-0.3, -0.25) is 0 Å². The highest BCUT2D eigenvalue weighted by atomic mass is 16.3. The number of benzene rings is 9. The molecule has 0 spiro atoms. The van der Waals surface area contributed by atoms with Gasteiger partial charge in [0.05, 0.1) is 5.69 Å². The Morgan fingerprint density at radius 3 is 1.74 bits per heavy atom. The molecule has 0 atom stereocenters. The number of hydrogen-bond acceptors (Lipinski definition) is 2. The molecular formula is C52H35NO. The highest BCUT2D eigenvalue weighted by Gasteiger charge is 2.19. The van der Waals surface area contributed by atoms with Crippen molar-refractivity contribution >= 4 is 49.8 Å². The molecule has 0 saturated heterocycles. The van der Waals surface area contributed by atoms with Crippen LogP contribution in [-0.4, -0.2) is 0 Å². The Kier molecular flexibility index (Phi) is 7.85. The van der Waals surface area contributed by atoms with E-state index in [1.165, 1.54) is 38.6 Å². The molecule has 54 heavy (non-hydrogen) atoms. The van der Waals surface area contributed by atoms with Gasteiger partial charge in [0.2, 0.25) is 0 Å². The minimum absolute atomic E-state index is 0.885. The molecule has 0 unspecified atom stereocenters. The van der Waals surface area contributed by atoms with E-state index in [0.29, 0.717) is 0 Å². The summed E-state index contributed by atoms with van der Waals surface area (Å²) < 4.78 is 6.35. The Balaban J connectivity index is 1.08. The van der Waals surface area contributed by atoms with Crippen LogP contribution in [0.15, 0.2) is 217 Å². The lowest BCUT2D eigenvalue weighted by atomic mass is 9.96. The van der Waals surface area contributed by atoms with Crippen molar-refractivity contribution in [3.8, 4) is 44.5 Å². The smallest absolute Gasteiger partial charge is 0.136 e. The Morgan fingerprint density at radius 1 is 0.296 bits per heavy atom. The summed E-state index contributed by atoms with van der Waals surface area (Å²) in [6, 6.07) is 75.9. The van der Waals surface area contributed by atoms with Gasteiger partial charge in [0.25, 0.3) is 0 Å². The largest absolute Gasteiger partial charge is 0.456 e. The molecule has 10 aromatic rings. The first-order chi connectivity index (χ1) is 26.8. The topological polar surface area (TPSA) is 16.4 Å². The maximum atomic E-state index is 6.35. The first-order valence-corrected chi connectivity index (χ1v) is 18.4. The lowest BCUT2D eigenvalue weighted by Crippen LogP contribution is -2.11. The van der Waals surface area contributed by atoms with Crippen LogP contribution < -0.4 is 4.90 Å². The van der Waals surface area contributed by atoms with Crippen molar-refractivity contribution in [3.05, 3.63) is 212 Å². The predicted octanol–water partition coefficient (Wildman–Crippen LogP) is 14.9. The third-order valence-corrected chi connectivity index (χ3v) is 10.5. The van der Waals surface area contributed by atoms with E-state index in [-0.39, 0.29) is 0 Å². The van der Waals surface area contributed by atoms with Gasteiger partial charge in [0.1, 0.15) is 11.2 Å². The van der Waals surface area contributed by atoms with Crippen LogP contribution >= 0.6 is 0 Å². The van der Waals surface area contributed by atoms with Gasteiger partial charge in [-0.25, -0.2) is 0 Å². The van der Waals surface area contributed by atoms with Gasteiger partial charge in [0, 0.05) is 27.7 Å². The van der Waals surface area contributed by atoms with Gasteiger partial charge in [-0.15, -0.1) is 0 Å². The molecule has 0 bridgehead atoms. The van der Waals surface area contributed by atoms with Crippen molar-refractivity contribution in [2.24, 2.45) is 0 Å². The molecule has 9 aromatic carbocycles. The van der Waals surface area contributed by atoms with E-state index in [1.54, 1.807) is 0 Å². The normalized spacial score (nSPS) is 11.3. The zero-order valence-corrected chi connectivity index (χ0v) is 29.6. The number of furan rings is 1. The molecule has 0 N–H and O–H groups in total. The van der Waals surface area contributed by atoms with Crippen LogP contribution in [0.5, 0.6) is 0 Å². The average molecular weight is 690 g/mol. The molecule has 254 valence electrons. The van der Waals surface area contributed by atoms with Crippen molar-refractivity contribution in [1.82, 2.24) is 0 Å². The average Bonchev–Trinajstić information content (AvgIpc) is 3.63. The molecule has 2 nitrogen and oxygen atoms in total. The van der Waals surface area contributed by atoms with Crippen molar-refractivity contribution < 1.29 is 4.42 Å². The molecule has 0 amide bonds. The van der Waals surface area contributed by atoms with Gasteiger partial charge in [-0.05, 0) is 98.2 Å². The molecule has 0 aliphatic rings. The molecular weight excluding hydrogens is 655 g/mol. The highest BCUT2D eigenvalue weighted by Crippen LogP contribution is 2.43. The van der Waals surface area contributed by atoms with E-state index in [4.69, 9.17) is 4.42 Å². The van der Waals surface area contributed by atoms with Crippen molar-refractivity contribution in [1.29, 1.82) is 0 Å². The van der Waals surface area contributed by atoms with Crippen LogP contribution in [0.25, 0.3) is 77.2 Å². The Hall–Kier alpha value is -7.16. The number of rotatable bonds is 7. The monoisotopic (exact) mass is 689 g/mol. The second-order valence-corrected chi connectivity index (χ2v) is 13.7. The lowest BCUT2D eigenvalue weighted by molar-refractivity contribution is 0.669. The van der Waals surface area contributed by atoms with Crippen LogP contribution in [0, 0.1) is 0 Å². The lowest BCUT2D eigenvalue weighted by Gasteiger charge is -2.28. The molecule has 0 fully saturated rings. The van der Waals surface area contributed by atoms with Crippen LogP contribution in [0.1, 0.15) is 0 Å². The fourth-order valence-electron chi connectivity index (χ4n) is 7.81. The molecule has 1 heterocycles. The third-order valence-electron chi connectivity index (χ3n) is 10.5. The van der Waals surface area contributed by atoms with Crippen molar-refractivity contribution in [2.45, 2.75) is 0 Å². The molecule has 1 aromatic heterocycles. The fourth-order valence-corrected chi connectivity index (χ4v) is 7.81. The Bertz CT molecular complexity index is 2920.